The van der Waals surface area contributed by atoms with Crippen molar-refractivity contribution in [3.8, 4) is 0 Å². The Hall–Kier alpha value is -1.87. The van der Waals surface area contributed by atoms with Gasteiger partial charge in [0.05, 0.1) is 18.5 Å². The largest absolute Gasteiger partial charge is 0.480 e. The number of carboxylic acids is 1. The summed E-state index contributed by atoms with van der Waals surface area (Å²) in [5, 5.41) is 20.8. The highest BCUT2D eigenvalue weighted by molar-refractivity contribution is 7.99. The summed E-state index contributed by atoms with van der Waals surface area (Å²) in [4.78, 5) is 23.4. The van der Waals surface area contributed by atoms with Gasteiger partial charge in [0, 0.05) is 10.6 Å². The average molecular weight is 326 g/mol. The first-order valence-corrected chi connectivity index (χ1v) is 8.14. The summed E-state index contributed by atoms with van der Waals surface area (Å²) in [6.07, 6.45) is 1.51. The third-order valence-electron chi connectivity index (χ3n) is 2.41. The van der Waals surface area contributed by atoms with Crippen LogP contribution in [0.25, 0.3) is 0 Å². The van der Waals surface area contributed by atoms with Crippen LogP contribution >= 0.6 is 23.1 Å². The Morgan fingerprint density at radius 1 is 1.48 bits per heavy atom. The van der Waals surface area contributed by atoms with Crippen LogP contribution < -0.4 is 5.32 Å². The molecule has 0 aromatic carbocycles. The lowest BCUT2D eigenvalue weighted by Crippen LogP contribution is -2.24. The SMILES string of the molecule is O=C(O)Cn1cc(CNC(=O)CSCc2cccs2)nn1. The molecule has 0 saturated heterocycles. The maximum Gasteiger partial charge on any atom is 0.325 e. The summed E-state index contributed by atoms with van der Waals surface area (Å²) >= 11 is 3.22. The van der Waals surface area contributed by atoms with Crippen molar-refractivity contribution in [3.63, 3.8) is 0 Å². The highest BCUT2D eigenvalue weighted by atomic mass is 32.2. The second-order valence-corrected chi connectivity index (χ2v) is 6.17. The number of hydrogen-bond donors (Lipinski definition) is 2. The molecular weight excluding hydrogens is 312 g/mol. The lowest BCUT2D eigenvalue weighted by atomic mass is 10.4. The van der Waals surface area contributed by atoms with Crippen LogP contribution in [0.2, 0.25) is 0 Å². The van der Waals surface area contributed by atoms with E-state index in [0.29, 0.717) is 11.4 Å². The van der Waals surface area contributed by atoms with Crippen molar-refractivity contribution in [3.05, 3.63) is 34.3 Å². The van der Waals surface area contributed by atoms with Crippen molar-refractivity contribution >= 4 is 35.0 Å². The standard InChI is InChI=1S/C12H14N4O3S2/c17-11(8-20-7-10-2-1-3-21-10)13-4-9-5-16(15-14-9)6-12(18)19/h1-3,5H,4,6-8H2,(H,13,17)(H,18,19). The van der Waals surface area contributed by atoms with E-state index in [4.69, 9.17) is 5.11 Å². The third kappa shape index (κ3) is 5.56. The van der Waals surface area contributed by atoms with E-state index in [1.54, 1.807) is 23.1 Å². The molecule has 2 aromatic rings. The first-order chi connectivity index (χ1) is 10.1. The van der Waals surface area contributed by atoms with Gasteiger partial charge < -0.3 is 10.4 Å². The number of nitrogens with zero attached hydrogens (tertiary/aromatic N) is 3. The van der Waals surface area contributed by atoms with Crippen LogP contribution in [0, 0.1) is 0 Å². The Labute approximate surface area is 129 Å². The highest BCUT2D eigenvalue weighted by Gasteiger charge is 2.06. The monoisotopic (exact) mass is 326 g/mol. The number of hydrogen-bond acceptors (Lipinski definition) is 6. The number of aliphatic carboxylic acids is 1. The fourth-order valence-electron chi connectivity index (χ4n) is 1.51. The number of nitrogens with one attached hydrogen (secondary N) is 1. The molecule has 0 saturated carbocycles. The molecule has 1 amide bonds. The summed E-state index contributed by atoms with van der Waals surface area (Å²) in [5.74, 6) is 0.130. The first kappa shape index (κ1) is 15.5. The van der Waals surface area contributed by atoms with Crippen LogP contribution in [-0.4, -0.2) is 37.7 Å². The topological polar surface area (TPSA) is 97.1 Å². The molecule has 21 heavy (non-hydrogen) atoms. The minimum absolute atomic E-state index is 0.0793. The summed E-state index contributed by atoms with van der Waals surface area (Å²) in [5.41, 5.74) is 0.535. The van der Waals surface area contributed by atoms with Gasteiger partial charge in [-0.1, -0.05) is 11.3 Å². The van der Waals surface area contributed by atoms with Gasteiger partial charge in [-0.05, 0) is 11.4 Å². The fraction of sp³-hybridized carbons (Fsp3) is 0.333. The fourth-order valence-corrected chi connectivity index (χ4v) is 3.21. The zero-order valence-corrected chi connectivity index (χ0v) is 12.7. The smallest absolute Gasteiger partial charge is 0.325 e. The second kappa shape index (κ2) is 7.79. The summed E-state index contributed by atoms with van der Waals surface area (Å²) in [6.45, 7) is 0.00955. The maximum absolute atomic E-state index is 11.7. The predicted octanol–water partition coefficient (Wildman–Crippen LogP) is 0.974. The number of amides is 1. The van der Waals surface area contributed by atoms with Gasteiger partial charge in [-0.2, -0.15) is 0 Å². The number of carbonyl (C=O) groups excluding carboxylic acids is 1. The van der Waals surface area contributed by atoms with E-state index in [1.807, 2.05) is 17.5 Å². The number of aromatic nitrogens is 3. The molecule has 0 aliphatic rings. The van der Waals surface area contributed by atoms with Crippen LogP contribution in [0.5, 0.6) is 0 Å². The van der Waals surface area contributed by atoms with Crippen molar-refractivity contribution in [2.24, 2.45) is 0 Å². The van der Waals surface area contributed by atoms with Crippen molar-refractivity contribution in [1.82, 2.24) is 20.3 Å². The molecule has 9 heteroatoms. The predicted molar refractivity (Wildman–Crippen MR) is 80.0 cm³/mol. The van der Waals surface area contributed by atoms with Crippen molar-refractivity contribution < 1.29 is 14.7 Å². The van der Waals surface area contributed by atoms with Gasteiger partial charge in [0.15, 0.2) is 0 Å². The van der Waals surface area contributed by atoms with E-state index in [-0.39, 0.29) is 19.0 Å². The first-order valence-electron chi connectivity index (χ1n) is 6.11. The van der Waals surface area contributed by atoms with Crippen LogP contribution in [0.15, 0.2) is 23.7 Å². The lowest BCUT2D eigenvalue weighted by molar-refractivity contribution is -0.137. The van der Waals surface area contributed by atoms with Gasteiger partial charge in [0.25, 0.3) is 0 Å². The molecule has 0 unspecified atom stereocenters. The molecule has 0 spiro atoms. The number of rotatable bonds is 8. The maximum atomic E-state index is 11.7. The van der Waals surface area contributed by atoms with Crippen molar-refractivity contribution in [2.45, 2.75) is 18.8 Å². The second-order valence-electron chi connectivity index (χ2n) is 4.15. The molecule has 2 N–H and O–H groups in total. The summed E-state index contributed by atoms with van der Waals surface area (Å²) < 4.78 is 1.22. The van der Waals surface area contributed by atoms with Gasteiger partial charge >= 0.3 is 5.97 Å². The Kier molecular flexibility index (Phi) is 5.76. The Morgan fingerprint density at radius 3 is 3.05 bits per heavy atom. The third-order valence-corrected chi connectivity index (χ3v) is 4.45. The Bertz CT molecular complexity index is 597. The molecule has 0 bridgehead atoms. The molecule has 2 aromatic heterocycles. The lowest BCUT2D eigenvalue weighted by Gasteiger charge is -2.02. The molecule has 0 atom stereocenters. The average Bonchev–Trinajstić information content (AvgIpc) is 3.07. The number of carboxylic acid groups (broad SMARTS) is 1. The van der Waals surface area contributed by atoms with E-state index < -0.39 is 5.97 Å². The zero-order chi connectivity index (χ0) is 15.1. The number of thioether (sulfide) groups is 1. The zero-order valence-electron chi connectivity index (χ0n) is 11.1. The van der Waals surface area contributed by atoms with Gasteiger partial charge in [-0.3, -0.25) is 9.59 Å². The molecular formula is C12H14N4O3S2. The van der Waals surface area contributed by atoms with Crippen molar-refractivity contribution in [1.29, 1.82) is 0 Å². The van der Waals surface area contributed by atoms with E-state index in [2.05, 4.69) is 15.6 Å². The van der Waals surface area contributed by atoms with Gasteiger partial charge in [-0.15, -0.1) is 28.2 Å². The normalized spacial score (nSPS) is 10.5. The Balaban J connectivity index is 1.66. The number of carbonyl (C=O) groups is 2. The van der Waals surface area contributed by atoms with Gasteiger partial charge in [0.2, 0.25) is 5.91 Å². The van der Waals surface area contributed by atoms with E-state index in [0.717, 1.165) is 5.75 Å². The van der Waals surface area contributed by atoms with Crippen LogP contribution in [0.3, 0.4) is 0 Å². The molecule has 7 nitrogen and oxygen atoms in total. The van der Waals surface area contributed by atoms with Gasteiger partial charge in [0.1, 0.15) is 12.2 Å². The van der Waals surface area contributed by atoms with Crippen LogP contribution in [-0.2, 0) is 28.4 Å². The summed E-state index contributed by atoms with van der Waals surface area (Å²) in [7, 11) is 0. The molecule has 0 fully saturated rings. The van der Waals surface area contributed by atoms with E-state index in [1.165, 1.54) is 15.8 Å². The van der Waals surface area contributed by atoms with Crippen LogP contribution in [0.4, 0.5) is 0 Å². The Morgan fingerprint density at radius 2 is 2.33 bits per heavy atom. The molecule has 2 rings (SSSR count). The molecule has 112 valence electrons. The summed E-state index contributed by atoms with van der Waals surface area (Å²) in [6, 6.07) is 4.03. The number of thiophene rings is 1. The molecule has 2 heterocycles. The quantitative estimate of drug-likeness (QED) is 0.750. The minimum Gasteiger partial charge on any atom is -0.480 e. The van der Waals surface area contributed by atoms with Gasteiger partial charge in [-0.25, -0.2) is 4.68 Å². The van der Waals surface area contributed by atoms with E-state index in [9.17, 15) is 9.59 Å². The molecule has 0 aliphatic carbocycles. The molecule has 0 radical (unpaired) electrons. The minimum atomic E-state index is -0.986. The van der Waals surface area contributed by atoms with E-state index >= 15 is 0 Å². The molecule has 0 aliphatic heterocycles. The van der Waals surface area contributed by atoms with Crippen molar-refractivity contribution in [2.75, 3.05) is 5.75 Å². The van der Waals surface area contributed by atoms with Crippen LogP contribution in [0.1, 0.15) is 10.6 Å². The highest BCUT2D eigenvalue weighted by Crippen LogP contribution is 2.16.